The number of pyridine rings is 1. The number of carbonyl (C=O) groups is 4. The standard InChI is InChI=1S/C31H32N6O5.C30H33N7O4.C23H22N6O4/c1-17-33-24-9-7-18(13-26(24)41-17)22-15-32-28-27(22)29(42-21-5-3-4-6-21)36-31(35-28)34-23-10-8-19(14-25(23)40-2)30(39)37-16-20(37)11-12-38;1-31-27(38)18-9-7-17(8-10-18)22-14-32-26-25(22)29(41-21-5-4-6-21)36-30(35-26)34-23-12-11-19(13-24(23)40-3)28(39)33-20-15-37(2)16-20;1-31-18-9-14(21(30)26-15-11-33-12-15)3-4-17(18)27-23-28-20-19(22(29-23)32-2)16(10-25-20)13-5-7-24-8-6-13/h7-10,13-15,20-21,38H,3-6,11-12,16H2,1-2H3,(H2,32,34,35,36);7-14,20-21H,4-6,15-16H2,1-3H3,(H,31,38)(H,33,39)(H2,32,34,35,36);3-10,15H,11-12H2,1-2H3,(H,26,30)(H2,25,27,28,29). The first kappa shape index (κ1) is 76.5. The highest BCUT2D eigenvalue weighted by Crippen LogP contribution is 2.43. The summed E-state index contributed by atoms with van der Waals surface area (Å²) in [5.41, 5.74) is 12.9. The number of fused-ring (bicyclic) bond motifs is 4. The van der Waals surface area contributed by atoms with Crippen LogP contribution in [0.3, 0.4) is 0 Å². The number of likely N-dealkylation sites (N-methyl/N-ethyl adjacent to an activating group) is 1. The zero-order valence-corrected chi connectivity index (χ0v) is 64.9. The lowest BCUT2D eigenvalue weighted by molar-refractivity contribution is -0.00346. The lowest BCUT2D eigenvalue weighted by Gasteiger charge is -2.36. The van der Waals surface area contributed by atoms with Gasteiger partial charge in [-0.3, -0.25) is 24.2 Å². The number of benzene rings is 5. The molecule has 0 radical (unpaired) electrons. The lowest BCUT2D eigenvalue weighted by Crippen LogP contribution is -2.57. The molecule has 0 spiro atoms. The average Bonchev–Trinajstić information content (AvgIpc) is 1.60. The Morgan fingerprint density at radius 1 is 0.517 bits per heavy atom. The van der Waals surface area contributed by atoms with Gasteiger partial charge in [-0.2, -0.15) is 29.9 Å². The number of hydrogen-bond donors (Lipinski definition) is 10. The van der Waals surface area contributed by atoms with Crippen molar-refractivity contribution in [3.8, 4) is 68.3 Å². The highest BCUT2D eigenvalue weighted by Gasteiger charge is 2.39. The van der Waals surface area contributed by atoms with Crippen LogP contribution in [0.2, 0.25) is 0 Å². The summed E-state index contributed by atoms with van der Waals surface area (Å²) < 4.78 is 46.0. The summed E-state index contributed by atoms with van der Waals surface area (Å²) in [6.07, 6.45) is 17.2. The van der Waals surface area contributed by atoms with E-state index in [0.29, 0.717) is 147 Å². The van der Waals surface area contributed by atoms with E-state index in [1.165, 1.54) is 0 Å². The number of likely N-dealkylation sites (tertiary alicyclic amines) is 1. The Bertz CT molecular complexity index is 5790. The van der Waals surface area contributed by atoms with Gasteiger partial charge in [0, 0.05) is 110 Å². The molecular weight excluding hydrogens is 1480 g/mol. The van der Waals surface area contributed by atoms with Gasteiger partial charge in [0.05, 0.1) is 93.0 Å². The molecule has 3 aliphatic heterocycles. The van der Waals surface area contributed by atoms with Gasteiger partial charge in [-0.15, -0.1) is 0 Å². The molecule has 5 aromatic carbocycles. The summed E-state index contributed by atoms with van der Waals surface area (Å²) >= 11 is 0. The van der Waals surface area contributed by atoms with Crippen LogP contribution in [0, 0.1) is 6.92 Å². The maximum atomic E-state index is 12.9. The van der Waals surface area contributed by atoms with Crippen molar-refractivity contribution in [2.75, 3.05) is 97.9 Å². The number of aromatic amines is 3. The maximum Gasteiger partial charge on any atom is 0.254 e. The van der Waals surface area contributed by atoms with Crippen LogP contribution in [0.1, 0.15) is 98.7 Å². The van der Waals surface area contributed by atoms with Gasteiger partial charge in [0.25, 0.3) is 23.6 Å². The van der Waals surface area contributed by atoms with Crippen LogP contribution in [-0.4, -0.2) is 206 Å². The molecule has 596 valence electrons. The predicted molar refractivity (Wildman–Crippen MR) is 435 cm³/mol. The molecule has 10 N–H and O–H groups in total. The van der Waals surface area contributed by atoms with Crippen LogP contribution in [0.5, 0.6) is 34.9 Å². The minimum absolute atomic E-state index is 0.0479. The number of nitrogens with one attached hydrogen (secondary N) is 9. The quantitative estimate of drug-likeness (QED) is 0.0238. The molecule has 32 nitrogen and oxygen atoms in total. The normalized spacial score (nSPS) is 15.4. The van der Waals surface area contributed by atoms with Crippen molar-refractivity contribution in [2.45, 2.75) is 88.6 Å². The first-order valence-electron chi connectivity index (χ1n) is 38.4. The molecule has 18 rings (SSSR count). The summed E-state index contributed by atoms with van der Waals surface area (Å²) in [4.78, 5) is 100. The average molecular weight is 1570 g/mol. The van der Waals surface area contributed by atoms with Gasteiger partial charge in [-0.1, -0.05) is 18.2 Å². The topological polar surface area (TPSA) is 395 Å². The molecule has 1 atom stereocenters. The van der Waals surface area contributed by atoms with Crippen LogP contribution in [0.15, 0.2) is 145 Å². The van der Waals surface area contributed by atoms with Gasteiger partial charge in [-0.25, -0.2) is 4.98 Å². The molecule has 5 aliphatic rings. The summed E-state index contributed by atoms with van der Waals surface area (Å²) in [6.45, 7) is 5.31. The Balaban J connectivity index is 0.000000132. The Morgan fingerprint density at radius 3 is 1.47 bits per heavy atom. The molecule has 1 unspecified atom stereocenters. The van der Waals surface area contributed by atoms with E-state index >= 15 is 0 Å². The number of H-pyrrole nitrogens is 3. The number of hydrogen-bond acceptors (Lipinski definition) is 25. The van der Waals surface area contributed by atoms with E-state index in [2.05, 4.69) is 71.7 Å². The molecule has 116 heavy (non-hydrogen) atoms. The van der Waals surface area contributed by atoms with Crippen molar-refractivity contribution < 1.29 is 61.9 Å². The van der Waals surface area contributed by atoms with Gasteiger partial charge in [0.1, 0.15) is 51.9 Å². The number of oxazole rings is 1. The third-order valence-corrected chi connectivity index (χ3v) is 21.0. The van der Waals surface area contributed by atoms with Crippen LogP contribution in [0.25, 0.3) is 77.6 Å². The Morgan fingerprint density at radius 2 is 0.991 bits per heavy atom. The second-order valence-electron chi connectivity index (χ2n) is 28.9. The van der Waals surface area contributed by atoms with E-state index in [1.54, 1.807) is 120 Å². The van der Waals surface area contributed by atoms with E-state index in [-0.39, 0.29) is 60.6 Å². The van der Waals surface area contributed by atoms with Crippen LogP contribution in [0.4, 0.5) is 34.9 Å². The van der Waals surface area contributed by atoms with Gasteiger partial charge in [-0.05, 0) is 166 Å². The highest BCUT2D eigenvalue weighted by molar-refractivity contribution is 6.03. The van der Waals surface area contributed by atoms with Gasteiger partial charge < -0.3 is 99.3 Å². The van der Waals surface area contributed by atoms with Crippen LogP contribution in [-0.2, 0) is 4.74 Å². The maximum absolute atomic E-state index is 12.9. The van der Waals surface area contributed by atoms with Crippen molar-refractivity contribution in [3.05, 3.63) is 168 Å². The molecule has 13 aromatic rings. The van der Waals surface area contributed by atoms with Crippen LogP contribution < -0.4 is 60.3 Å². The number of methoxy groups -OCH3 is 4. The number of ether oxygens (including phenoxy) is 7. The zero-order valence-electron chi connectivity index (χ0n) is 64.9. The first-order valence-corrected chi connectivity index (χ1v) is 38.4. The molecule has 4 amide bonds. The highest BCUT2D eigenvalue weighted by atomic mass is 16.5. The summed E-state index contributed by atoms with van der Waals surface area (Å²) in [5.74, 6) is 3.97. The summed E-state index contributed by atoms with van der Waals surface area (Å²) in [6, 6.07) is 33.1. The van der Waals surface area contributed by atoms with Gasteiger partial charge >= 0.3 is 0 Å². The summed E-state index contributed by atoms with van der Waals surface area (Å²) in [5, 5.41) is 29.8. The Labute approximate surface area is 665 Å². The Kier molecular flexibility index (Phi) is 22.2. The Hall–Kier alpha value is -13.5. The molecule has 2 saturated carbocycles. The molecule has 2 aliphatic carbocycles. The fraction of sp³-hybridized carbons (Fsp3) is 0.310. The zero-order chi connectivity index (χ0) is 80.1. The number of aliphatic hydroxyl groups is 1. The van der Waals surface area contributed by atoms with Crippen molar-refractivity contribution in [2.24, 2.45) is 0 Å². The number of amides is 4. The molecule has 8 aromatic heterocycles. The van der Waals surface area contributed by atoms with Crippen molar-refractivity contribution in [1.82, 2.24) is 80.6 Å². The monoisotopic (exact) mass is 1570 g/mol. The third-order valence-electron chi connectivity index (χ3n) is 21.0. The fourth-order valence-corrected chi connectivity index (χ4v) is 14.5. The number of aliphatic hydroxyl groups excluding tert-OH is 1. The van der Waals surface area contributed by atoms with Crippen molar-refractivity contribution >= 4 is 103 Å². The SMILES string of the molecule is CNC(=O)c1ccc(-c2c[nH]c3nc(Nc4ccc(C(=O)NC5CN(C)C5)cc4OC)nc(OC4CCC4)c23)cc1.COc1cc(C(=O)N2CC2CCO)ccc1Nc1nc(OC2CCCC2)c2c(-c3ccc4nc(C)oc4c3)c[nH]c2n1.COc1cc(C(=O)NC2COC2)ccc1Nc1nc(OC)c2c(-c3ccncc3)c[nH]c2n1. The summed E-state index contributed by atoms with van der Waals surface area (Å²) in [7, 11) is 9.86. The molecule has 32 heteroatoms. The molecular formula is C84H87N19O13. The molecule has 5 fully saturated rings. The smallest absolute Gasteiger partial charge is 0.254 e. The largest absolute Gasteiger partial charge is 0.495 e. The molecule has 3 saturated heterocycles. The number of rotatable bonds is 25. The van der Waals surface area contributed by atoms with Gasteiger partial charge in [0.15, 0.2) is 11.5 Å². The first-order chi connectivity index (χ1) is 56.6. The fourth-order valence-electron chi connectivity index (χ4n) is 14.5. The van der Waals surface area contributed by atoms with Crippen molar-refractivity contribution in [1.29, 1.82) is 0 Å². The molecule has 11 heterocycles. The number of anilines is 6. The number of aromatic nitrogens is 11. The third kappa shape index (κ3) is 16.5. The minimum atomic E-state index is -0.178. The van der Waals surface area contributed by atoms with E-state index in [4.69, 9.17) is 57.5 Å². The number of nitrogens with zero attached hydrogens (tertiary/aromatic N) is 10. The van der Waals surface area contributed by atoms with Gasteiger partial charge in [0.2, 0.25) is 35.5 Å². The number of aryl methyl sites for hydroxylation is 1. The van der Waals surface area contributed by atoms with E-state index in [9.17, 15) is 24.3 Å². The number of carbonyl (C=O) groups excluding carboxylic acids is 4. The minimum Gasteiger partial charge on any atom is -0.495 e. The van der Waals surface area contributed by atoms with E-state index < -0.39 is 0 Å². The second-order valence-corrected chi connectivity index (χ2v) is 28.9. The van der Waals surface area contributed by atoms with E-state index in [0.717, 1.165) is 113 Å². The van der Waals surface area contributed by atoms with Crippen molar-refractivity contribution in [3.63, 3.8) is 0 Å². The van der Waals surface area contributed by atoms with Crippen LogP contribution >= 0.6 is 0 Å². The lowest BCUT2D eigenvalue weighted by atomic mass is 9.96. The second kappa shape index (κ2) is 33.7. The van der Waals surface area contributed by atoms with E-state index in [1.807, 2.05) is 75.0 Å². The molecule has 0 bridgehead atoms. The predicted octanol–water partition coefficient (Wildman–Crippen LogP) is 12.0.